The van der Waals surface area contributed by atoms with Gasteiger partial charge in [-0.25, -0.2) is 13.0 Å². The third kappa shape index (κ3) is 6.41. The standard InChI is InChI=1S/C22H20F5N3O3S/c1-3-21(23,24)17-10-14(11-28)4-9-18(17)33-13-20(2,12-29)30-19(31)15-5-7-16(8-6-15)34(32)22(25,26)27/h5-8,10H,3-4,9,13H2,1-2H3,(H,30,31). The largest absolute Gasteiger partial charge is 0.494 e. The van der Waals surface area contributed by atoms with Gasteiger partial charge in [-0.1, -0.05) is 6.92 Å². The first-order chi connectivity index (χ1) is 15.8. The van der Waals surface area contributed by atoms with Gasteiger partial charge in [0.2, 0.25) is 0 Å². The van der Waals surface area contributed by atoms with Crippen molar-refractivity contribution in [2.24, 2.45) is 0 Å². The second-order valence-corrected chi connectivity index (χ2v) is 9.07. The number of nitriles is 2. The molecular formula is C22H20F5N3O3S. The normalized spacial score (nSPS) is 17.0. The molecule has 2 rings (SSSR count). The van der Waals surface area contributed by atoms with Crippen LogP contribution in [0.5, 0.6) is 0 Å². The lowest BCUT2D eigenvalue weighted by Gasteiger charge is -2.28. The molecule has 6 nitrogen and oxygen atoms in total. The van der Waals surface area contributed by atoms with Crippen LogP contribution in [-0.4, -0.2) is 33.7 Å². The first-order valence-electron chi connectivity index (χ1n) is 9.93. The average molecular weight is 501 g/mol. The summed E-state index contributed by atoms with van der Waals surface area (Å²) in [5.41, 5.74) is -7.03. The summed E-state index contributed by atoms with van der Waals surface area (Å²) < 4.78 is 83.3. The third-order valence-electron chi connectivity index (χ3n) is 4.93. The molecule has 0 spiro atoms. The van der Waals surface area contributed by atoms with Gasteiger partial charge in [-0.15, -0.1) is 0 Å². The molecule has 1 aliphatic rings. The summed E-state index contributed by atoms with van der Waals surface area (Å²) in [6.45, 7) is 2.06. The average Bonchev–Trinajstić information content (AvgIpc) is 2.81. The van der Waals surface area contributed by atoms with Gasteiger partial charge in [-0.2, -0.15) is 23.7 Å². The fourth-order valence-electron chi connectivity index (χ4n) is 2.96. The molecule has 182 valence electrons. The molecule has 1 aromatic carbocycles. The quantitative estimate of drug-likeness (QED) is 0.511. The molecule has 0 heterocycles. The van der Waals surface area contributed by atoms with E-state index in [2.05, 4.69) is 5.32 Å². The van der Waals surface area contributed by atoms with E-state index in [1.165, 1.54) is 13.8 Å². The monoisotopic (exact) mass is 501 g/mol. The zero-order valence-electron chi connectivity index (χ0n) is 18.1. The van der Waals surface area contributed by atoms with Gasteiger partial charge in [0.25, 0.3) is 11.8 Å². The number of allylic oxidation sites excluding steroid dienone is 4. The Hall–Kier alpha value is -3.25. The molecule has 0 aliphatic heterocycles. The number of nitrogens with one attached hydrogen (secondary N) is 1. The summed E-state index contributed by atoms with van der Waals surface area (Å²) in [5.74, 6) is -4.19. The Bertz CT molecular complexity index is 1110. The fraction of sp³-hybridized carbons (Fsp3) is 0.409. The molecule has 1 aromatic rings. The molecular weight excluding hydrogens is 481 g/mol. The van der Waals surface area contributed by atoms with E-state index in [-0.39, 0.29) is 29.7 Å². The molecule has 0 saturated carbocycles. The highest BCUT2D eigenvalue weighted by Crippen LogP contribution is 2.37. The van der Waals surface area contributed by atoms with Crippen LogP contribution >= 0.6 is 0 Å². The maximum Gasteiger partial charge on any atom is 0.475 e. The lowest BCUT2D eigenvalue weighted by Crippen LogP contribution is -2.48. The van der Waals surface area contributed by atoms with Gasteiger partial charge in [0.15, 0.2) is 16.3 Å². The van der Waals surface area contributed by atoms with Crippen LogP contribution in [0.15, 0.2) is 52.1 Å². The van der Waals surface area contributed by atoms with Crippen LogP contribution < -0.4 is 5.32 Å². The molecule has 2 atom stereocenters. The van der Waals surface area contributed by atoms with Gasteiger partial charge in [-0.05, 0) is 43.7 Å². The minimum Gasteiger partial charge on any atom is -0.494 e. The number of hydrogen-bond donors (Lipinski definition) is 1. The van der Waals surface area contributed by atoms with Crippen molar-refractivity contribution in [3.8, 4) is 12.1 Å². The van der Waals surface area contributed by atoms with E-state index in [9.17, 15) is 36.2 Å². The Labute approximate surface area is 195 Å². The van der Waals surface area contributed by atoms with Crippen LogP contribution in [0.25, 0.3) is 0 Å². The molecule has 0 saturated heterocycles. The highest BCUT2D eigenvalue weighted by atomic mass is 32.2. The predicted octanol–water partition coefficient (Wildman–Crippen LogP) is 4.89. The van der Waals surface area contributed by atoms with Crippen molar-refractivity contribution in [2.75, 3.05) is 6.61 Å². The van der Waals surface area contributed by atoms with Crippen LogP contribution in [0, 0.1) is 22.7 Å². The third-order valence-corrected chi connectivity index (χ3v) is 6.05. The van der Waals surface area contributed by atoms with Crippen molar-refractivity contribution in [2.45, 2.75) is 55.0 Å². The summed E-state index contributed by atoms with van der Waals surface area (Å²) in [6.07, 6.45) is 0.719. The zero-order valence-corrected chi connectivity index (χ0v) is 18.9. The molecule has 1 amide bonds. The molecule has 0 radical (unpaired) electrons. The number of halogens is 5. The Morgan fingerprint density at radius 1 is 1.15 bits per heavy atom. The Kier molecular flexibility index (Phi) is 8.22. The Balaban J connectivity index is 2.19. The molecule has 1 N–H and O–H groups in total. The molecule has 0 fully saturated rings. The van der Waals surface area contributed by atoms with E-state index in [0.29, 0.717) is 0 Å². The van der Waals surface area contributed by atoms with Crippen molar-refractivity contribution in [3.05, 3.63) is 52.8 Å². The fourth-order valence-corrected chi connectivity index (χ4v) is 3.61. The molecule has 12 heteroatoms. The number of benzene rings is 1. The summed E-state index contributed by atoms with van der Waals surface area (Å²) in [5, 5.41) is 20.9. The molecule has 2 unspecified atom stereocenters. The van der Waals surface area contributed by atoms with Gasteiger partial charge in [-0.3, -0.25) is 4.79 Å². The van der Waals surface area contributed by atoms with Crippen molar-refractivity contribution >= 4 is 16.7 Å². The van der Waals surface area contributed by atoms with Crippen molar-refractivity contribution in [1.29, 1.82) is 10.5 Å². The van der Waals surface area contributed by atoms with E-state index in [4.69, 9.17) is 10.00 Å². The van der Waals surface area contributed by atoms with Crippen LogP contribution in [0.3, 0.4) is 0 Å². The number of carbonyl (C=O) groups excluding carboxylic acids is 1. The zero-order chi connectivity index (χ0) is 25.7. The number of carbonyl (C=O) groups is 1. The van der Waals surface area contributed by atoms with Crippen LogP contribution in [0.1, 0.15) is 43.5 Å². The molecule has 0 aromatic heterocycles. The SMILES string of the molecule is CCC(F)(F)C1=C(OCC(C)(C#N)NC(=O)c2ccc(S(=O)C(F)(F)F)cc2)CCC(C#N)=C1. The molecule has 34 heavy (non-hydrogen) atoms. The number of nitrogens with zero attached hydrogens (tertiary/aromatic N) is 2. The summed E-state index contributed by atoms with van der Waals surface area (Å²) in [7, 11) is -3.26. The van der Waals surface area contributed by atoms with Crippen LogP contribution in [0.4, 0.5) is 22.0 Å². The minimum absolute atomic E-state index is 0.0115. The van der Waals surface area contributed by atoms with Crippen LogP contribution in [0.2, 0.25) is 0 Å². The second-order valence-electron chi connectivity index (χ2n) is 7.60. The van der Waals surface area contributed by atoms with Gasteiger partial charge < -0.3 is 10.1 Å². The van der Waals surface area contributed by atoms with Crippen molar-refractivity contribution in [1.82, 2.24) is 5.32 Å². The number of amides is 1. The lowest BCUT2D eigenvalue weighted by molar-refractivity contribution is -0.0384. The first kappa shape index (κ1) is 27.0. The Morgan fingerprint density at radius 3 is 2.26 bits per heavy atom. The lowest BCUT2D eigenvalue weighted by atomic mass is 9.93. The van der Waals surface area contributed by atoms with E-state index in [1.54, 1.807) is 0 Å². The van der Waals surface area contributed by atoms with E-state index in [1.807, 2.05) is 12.1 Å². The van der Waals surface area contributed by atoms with Gasteiger partial charge in [0.1, 0.15) is 12.4 Å². The number of alkyl halides is 5. The van der Waals surface area contributed by atoms with Gasteiger partial charge in [0.05, 0.1) is 17.7 Å². The number of hydrogen-bond acceptors (Lipinski definition) is 5. The number of ether oxygens (including phenoxy) is 1. The number of rotatable bonds is 8. The van der Waals surface area contributed by atoms with Gasteiger partial charge in [0, 0.05) is 28.9 Å². The topological polar surface area (TPSA) is 103 Å². The minimum atomic E-state index is -4.95. The van der Waals surface area contributed by atoms with E-state index < -0.39 is 57.2 Å². The van der Waals surface area contributed by atoms with Gasteiger partial charge >= 0.3 is 5.51 Å². The van der Waals surface area contributed by atoms with E-state index >= 15 is 0 Å². The summed E-state index contributed by atoms with van der Waals surface area (Å²) >= 11 is 0. The smallest absolute Gasteiger partial charge is 0.475 e. The predicted molar refractivity (Wildman–Crippen MR) is 112 cm³/mol. The highest BCUT2D eigenvalue weighted by Gasteiger charge is 2.39. The second kappa shape index (κ2) is 10.3. The van der Waals surface area contributed by atoms with E-state index in [0.717, 1.165) is 30.3 Å². The maximum absolute atomic E-state index is 14.4. The molecule has 1 aliphatic carbocycles. The summed E-state index contributed by atoms with van der Waals surface area (Å²) in [6, 6.07) is 7.46. The van der Waals surface area contributed by atoms with Crippen molar-refractivity contribution < 1.29 is 35.7 Å². The van der Waals surface area contributed by atoms with Crippen LogP contribution in [-0.2, 0) is 15.5 Å². The highest BCUT2D eigenvalue weighted by molar-refractivity contribution is 7.86. The molecule has 0 bridgehead atoms. The summed E-state index contributed by atoms with van der Waals surface area (Å²) in [4.78, 5) is 12.0. The maximum atomic E-state index is 14.4. The Morgan fingerprint density at radius 2 is 1.76 bits per heavy atom. The van der Waals surface area contributed by atoms with Crippen molar-refractivity contribution in [3.63, 3.8) is 0 Å². The first-order valence-corrected chi connectivity index (χ1v) is 11.1.